The lowest BCUT2D eigenvalue weighted by Gasteiger charge is -2.21. The molecule has 2 aromatic rings. The first-order valence-electron chi connectivity index (χ1n) is 9.87. The van der Waals surface area contributed by atoms with E-state index in [-0.39, 0.29) is 12.6 Å². The molecule has 148 valence electrons. The Bertz CT molecular complexity index is 884. The third kappa shape index (κ3) is 3.94. The van der Waals surface area contributed by atoms with Gasteiger partial charge in [0.1, 0.15) is 18.2 Å². The Kier molecular flexibility index (Phi) is 5.43. The first-order chi connectivity index (χ1) is 13.6. The second-order valence-corrected chi connectivity index (χ2v) is 7.39. The smallest absolute Gasteiger partial charge is 0.318 e. The quantitative estimate of drug-likeness (QED) is 0.850. The van der Waals surface area contributed by atoms with Crippen LogP contribution in [0.2, 0.25) is 0 Å². The number of carbonyl (C=O) groups excluding carboxylic acids is 1. The third-order valence-electron chi connectivity index (χ3n) is 5.41. The highest BCUT2D eigenvalue weighted by Gasteiger charge is 2.21. The molecule has 0 radical (unpaired) electrons. The second-order valence-electron chi connectivity index (χ2n) is 7.39. The van der Waals surface area contributed by atoms with Crippen molar-refractivity contribution in [2.75, 3.05) is 13.2 Å². The van der Waals surface area contributed by atoms with E-state index >= 15 is 0 Å². The van der Waals surface area contributed by atoms with Crippen molar-refractivity contribution in [2.24, 2.45) is 0 Å². The molecule has 2 aliphatic rings. The summed E-state index contributed by atoms with van der Waals surface area (Å²) >= 11 is 0. The highest BCUT2D eigenvalue weighted by molar-refractivity contribution is 5.74. The van der Waals surface area contributed by atoms with Crippen LogP contribution >= 0.6 is 0 Å². The van der Waals surface area contributed by atoms with Gasteiger partial charge in [0.05, 0.1) is 26.2 Å². The van der Waals surface area contributed by atoms with E-state index in [1.165, 1.54) is 12.0 Å². The van der Waals surface area contributed by atoms with E-state index in [1.54, 1.807) is 4.90 Å². The molecule has 4 rings (SSSR count). The summed E-state index contributed by atoms with van der Waals surface area (Å²) < 4.78 is 5.74. The zero-order valence-electron chi connectivity index (χ0n) is 16.2. The number of nitrogens with one attached hydrogen (secondary N) is 1. The number of ether oxygens (including phenoxy) is 1. The molecular formula is C21H26N4O3. The molecule has 0 atom stereocenters. The summed E-state index contributed by atoms with van der Waals surface area (Å²) in [5.74, 6) is 1.43. The van der Waals surface area contributed by atoms with Crippen molar-refractivity contribution in [3.63, 3.8) is 0 Å². The summed E-state index contributed by atoms with van der Waals surface area (Å²) in [5.41, 5.74) is 5.16. The normalized spacial score (nSPS) is 15.9. The maximum atomic E-state index is 12.7. The first-order valence-corrected chi connectivity index (χ1v) is 9.87. The van der Waals surface area contributed by atoms with Gasteiger partial charge in [-0.2, -0.15) is 0 Å². The SMILES string of the molecule is Cc1nc(CNC(=O)N2CCOc3ccc(CO)cc3C2)nc2c1CCCC2. The van der Waals surface area contributed by atoms with Gasteiger partial charge in [0, 0.05) is 17.0 Å². The van der Waals surface area contributed by atoms with Gasteiger partial charge in [0.15, 0.2) is 0 Å². The predicted octanol–water partition coefficient (Wildman–Crippen LogP) is 2.26. The number of aliphatic hydroxyl groups excluding tert-OH is 1. The van der Waals surface area contributed by atoms with E-state index in [4.69, 9.17) is 4.74 Å². The van der Waals surface area contributed by atoms with Crippen LogP contribution in [0.25, 0.3) is 0 Å². The Morgan fingerprint density at radius 1 is 1.29 bits per heavy atom. The number of aliphatic hydroxyl groups is 1. The molecule has 1 aliphatic carbocycles. The van der Waals surface area contributed by atoms with Crippen LogP contribution in [0, 0.1) is 6.92 Å². The zero-order valence-corrected chi connectivity index (χ0v) is 16.2. The number of carbonyl (C=O) groups is 1. The molecule has 1 aromatic heterocycles. The van der Waals surface area contributed by atoms with Gasteiger partial charge in [-0.15, -0.1) is 0 Å². The van der Waals surface area contributed by atoms with Crippen LogP contribution in [-0.2, 0) is 32.5 Å². The van der Waals surface area contributed by atoms with Crippen LogP contribution < -0.4 is 10.1 Å². The van der Waals surface area contributed by atoms with E-state index in [1.807, 2.05) is 25.1 Å². The van der Waals surface area contributed by atoms with Crippen molar-refractivity contribution < 1.29 is 14.6 Å². The molecule has 2 amide bonds. The lowest BCUT2D eigenvalue weighted by atomic mass is 9.95. The number of amides is 2. The van der Waals surface area contributed by atoms with Gasteiger partial charge in [-0.05, 0) is 55.9 Å². The maximum Gasteiger partial charge on any atom is 0.318 e. The minimum absolute atomic E-state index is 0.0332. The number of rotatable bonds is 3. The van der Waals surface area contributed by atoms with Gasteiger partial charge in [0.2, 0.25) is 0 Å². The zero-order chi connectivity index (χ0) is 19.5. The Morgan fingerprint density at radius 2 is 2.14 bits per heavy atom. The molecule has 2 heterocycles. The summed E-state index contributed by atoms with van der Waals surface area (Å²) in [6.45, 7) is 3.69. The van der Waals surface area contributed by atoms with E-state index in [9.17, 15) is 9.90 Å². The van der Waals surface area contributed by atoms with Crippen LogP contribution in [0.1, 0.15) is 46.7 Å². The van der Waals surface area contributed by atoms with Crippen molar-refractivity contribution >= 4 is 6.03 Å². The molecule has 0 spiro atoms. The number of hydrogen-bond acceptors (Lipinski definition) is 5. The molecule has 0 unspecified atom stereocenters. The largest absolute Gasteiger partial charge is 0.491 e. The van der Waals surface area contributed by atoms with E-state index in [0.29, 0.717) is 32.1 Å². The average molecular weight is 382 g/mol. The van der Waals surface area contributed by atoms with Crippen LogP contribution in [-0.4, -0.2) is 39.2 Å². The maximum absolute atomic E-state index is 12.7. The van der Waals surface area contributed by atoms with E-state index < -0.39 is 0 Å². The molecule has 0 saturated heterocycles. The number of urea groups is 1. The Labute approximate surface area is 164 Å². The third-order valence-corrected chi connectivity index (χ3v) is 5.41. The van der Waals surface area contributed by atoms with Gasteiger partial charge in [-0.3, -0.25) is 0 Å². The van der Waals surface area contributed by atoms with Crippen LogP contribution in [0.15, 0.2) is 18.2 Å². The molecule has 28 heavy (non-hydrogen) atoms. The minimum atomic E-state index is -0.162. The number of aryl methyl sites for hydroxylation is 2. The van der Waals surface area contributed by atoms with Crippen LogP contribution in [0.4, 0.5) is 4.79 Å². The second kappa shape index (κ2) is 8.14. The Hall–Kier alpha value is -2.67. The van der Waals surface area contributed by atoms with Gasteiger partial charge in [0.25, 0.3) is 0 Å². The molecule has 0 fully saturated rings. The van der Waals surface area contributed by atoms with Gasteiger partial charge < -0.3 is 20.1 Å². The monoisotopic (exact) mass is 382 g/mol. The minimum Gasteiger partial charge on any atom is -0.491 e. The molecule has 0 bridgehead atoms. The van der Waals surface area contributed by atoms with Crippen LogP contribution in [0.5, 0.6) is 5.75 Å². The molecule has 2 N–H and O–H groups in total. The topological polar surface area (TPSA) is 87.6 Å². The van der Waals surface area contributed by atoms with E-state index in [0.717, 1.165) is 47.5 Å². The van der Waals surface area contributed by atoms with Gasteiger partial charge in [-0.1, -0.05) is 6.07 Å². The van der Waals surface area contributed by atoms with Crippen molar-refractivity contribution in [3.8, 4) is 5.75 Å². The van der Waals surface area contributed by atoms with E-state index in [2.05, 4.69) is 15.3 Å². The molecule has 0 saturated carbocycles. The standard InChI is InChI=1S/C21H26N4O3/c1-14-17-4-2-3-5-18(17)24-20(23-14)11-22-21(27)25-8-9-28-19-7-6-15(13-26)10-16(19)12-25/h6-7,10,26H,2-5,8-9,11-13H2,1H3,(H,22,27). The fraction of sp³-hybridized carbons (Fsp3) is 0.476. The number of fused-ring (bicyclic) bond motifs is 2. The number of aromatic nitrogens is 2. The molecule has 7 nitrogen and oxygen atoms in total. The van der Waals surface area contributed by atoms with Crippen molar-refractivity contribution in [1.29, 1.82) is 0 Å². The summed E-state index contributed by atoms with van der Waals surface area (Å²) in [7, 11) is 0. The predicted molar refractivity (Wildman–Crippen MR) is 104 cm³/mol. The average Bonchev–Trinajstić information content (AvgIpc) is 2.94. The number of hydrogen-bond donors (Lipinski definition) is 2. The van der Waals surface area contributed by atoms with Gasteiger partial charge >= 0.3 is 6.03 Å². The molecule has 1 aliphatic heterocycles. The molecule has 1 aromatic carbocycles. The summed E-state index contributed by atoms with van der Waals surface area (Å²) in [4.78, 5) is 23.7. The highest BCUT2D eigenvalue weighted by Crippen LogP contribution is 2.25. The molecular weight excluding hydrogens is 356 g/mol. The molecule has 7 heteroatoms. The Balaban J connectivity index is 1.43. The Morgan fingerprint density at radius 3 is 3.00 bits per heavy atom. The summed E-state index contributed by atoms with van der Waals surface area (Å²) in [5, 5.41) is 12.3. The lowest BCUT2D eigenvalue weighted by molar-refractivity contribution is 0.187. The van der Waals surface area contributed by atoms with Crippen molar-refractivity contribution in [2.45, 2.75) is 52.3 Å². The highest BCUT2D eigenvalue weighted by atomic mass is 16.5. The fourth-order valence-electron chi connectivity index (χ4n) is 3.91. The van der Waals surface area contributed by atoms with Gasteiger partial charge in [-0.25, -0.2) is 14.8 Å². The number of nitrogens with zero attached hydrogens (tertiary/aromatic N) is 3. The summed E-state index contributed by atoms with van der Waals surface area (Å²) in [6.07, 6.45) is 4.41. The lowest BCUT2D eigenvalue weighted by Crippen LogP contribution is -2.40. The first kappa shape index (κ1) is 18.7. The fourth-order valence-corrected chi connectivity index (χ4v) is 3.91. The summed E-state index contributed by atoms with van der Waals surface area (Å²) in [6, 6.07) is 5.41. The van der Waals surface area contributed by atoms with Crippen LogP contribution in [0.3, 0.4) is 0 Å². The van der Waals surface area contributed by atoms with Crippen molar-refractivity contribution in [3.05, 3.63) is 52.1 Å². The van der Waals surface area contributed by atoms with Crippen molar-refractivity contribution in [1.82, 2.24) is 20.2 Å². The number of benzene rings is 1.